The van der Waals surface area contributed by atoms with Crippen LogP contribution in [0.1, 0.15) is 11.1 Å². The highest BCUT2D eigenvalue weighted by molar-refractivity contribution is 5.80. The van der Waals surface area contributed by atoms with Gasteiger partial charge in [0.15, 0.2) is 0 Å². The van der Waals surface area contributed by atoms with Crippen LogP contribution in [-0.2, 0) is 0 Å². The zero-order chi connectivity index (χ0) is 25.9. The van der Waals surface area contributed by atoms with E-state index in [2.05, 4.69) is 151 Å². The van der Waals surface area contributed by atoms with Gasteiger partial charge in [0.2, 0.25) is 0 Å². The highest BCUT2D eigenvalue weighted by Crippen LogP contribution is 2.39. The SMILES string of the molecule is Cc1cc(-n2nc(-c3ccccc3)cc2-c2ccccc2)c(C)cc1N(c1ccccc1)c1ccccc1. The Morgan fingerprint density at radius 1 is 0.526 bits per heavy atom. The van der Waals surface area contributed by atoms with Crippen molar-refractivity contribution in [2.75, 3.05) is 4.90 Å². The van der Waals surface area contributed by atoms with Crippen molar-refractivity contribution in [3.63, 3.8) is 0 Å². The van der Waals surface area contributed by atoms with Crippen molar-refractivity contribution < 1.29 is 0 Å². The van der Waals surface area contributed by atoms with E-state index in [1.165, 1.54) is 5.56 Å². The maximum atomic E-state index is 5.12. The normalized spacial score (nSPS) is 10.9. The molecule has 5 aromatic carbocycles. The molecular weight excluding hydrogens is 462 g/mol. The van der Waals surface area contributed by atoms with Gasteiger partial charge in [-0.15, -0.1) is 0 Å². The largest absolute Gasteiger partial charge is 0.310 e. The molecule has 6 rings (SSSR count). The molecule has 184 valence electrons. The van der Waals surface area contributed by atoms with E-state index in [1.807, 2.05) is 12.1 Å². The molecule has 0 amide bonds. The van der Waals surface area contributed by atoms with E-state index in [-0.39, 0.29) is 0 Å². The standard InChI is InChI=1S/C35H29N3/c1-26-24-34(27(2)23-33(26)37(30-19-11-5-12-20-30)31-21-13-6-14-22-31)38-35(29-17-9-4-10-18-29)25-32(36-38)28-15-7-3-8-16-28/h3-25H,1-2H3. The molecule has 0 fully saturated rings. The predicted molar refractivity (Wildman–Crippen MR) is 159 cm³/mol. The van der Waals surface area contributed by atoms with Crippen LogP contribution in [0.3, 0.4) is 0 Å². The molecule has 0 aliphatic rings. The van der Waals surface area contributed by atoms with E-state index >= 15 is 0 Å². The third-order valence-corrected chi connectivity index (χ3v) is 6.86. The van der Waals surface area contributed by atoms with E-state index in [1.54, 1.807) is 0 Å². The number of nitrogens with zero attached hydrogens (tertiary/aromatic N) is 3. The lowest BCUT2D eigenvalue weighted by molar-refractivity contribution is 0.882. The maximum absolute atomic E-state index is 5.12. The molecule has 1 aromatic heterocycles. The number of aromatic nitrogens is 2. The van der Waals surface area contributed by atoms with Gasteiger partial charge in [-0.25, -0.2) is 4.68 Å². The Kier molecular flexibility index (Phi) is 6.33. The summed E-state index contributed by atoms with van der Waals surface area (Å²) in [6, 6.07) is 48.7. The lowest BCUT2D eigenvalue weighted by atomic mass is 10.0. The summed E-state index contributed by atoms with van der Waals surface area (Å²) in [6.07, 6.45) is 0. The van der Waals surface area contributed by atoms with Crippen molar-refractivity contribution in [3.05, 3.63) is 151 Å². The van der Waals surface area contributed by atoms with Crippen LogP contribution in [-0.4, -0.2) is 9.78 Å². The molecule has 0 N–H and O–H groups in total. The van der Waals surface area contributed by atoms with E-state index in [9.17, 15) is 0 Å². The quantitative estimate of drug-likeness (QED) is 0.231. The Morgan fingerprint density at radius 3 is 1.58 bits per heavy atom. The second kappa shape index (κ2) is 10.2. The number of aryl methyl sites for hydroxylation is 2. The minimum absolute atomic E-state index is 0.959. The van der Waals surface area contributed by atoms with Crippen molar-refractivity contribution in [2.45, 2.75) is 13.8 Å². The van der Waals surface area contributed by atoms with E-state index < -0.39 is 0 Å². The molecule has 0 saturated heterocycles. The molecule has 0 atom stereocenters. The van der Waals surface area contributed by atoms with Gasteiger partial charge in [-0.1, -0.05) is 97.1 Å². The molecule has 38 heavy (non-hydrogen) atoms. The van der Waals surface area contributed by atoms with E-state index in [0.717, 1.165) is 50.8 Å². The first-order valence-corrected chi connectivity index (χ1v) is 12.9. The van der Waals surface area contributed by atoms with Crippen LogP contribution < -0.4 is 4.90 Å². The smallest absolute Gasteiger partial charge is 0.0934 e. The number of anilines is 3. The minimum atomic E-state index is 0.959. The van der Waals surface area contributed by atoms with Crippen LogP contribution in [0.25, 0.3) is 28.2 Å². The van der Waals surface area contributed by atoms with Crippen molar-refractivity contribution >= 4 is 17.1 Å². The third kappa shape index (κ3) is 4.51. The number of hydrogen-bond donors (Lipinski definition) is 0. The third-order valence-electron chi connectivity index (χ3n) is 6.86. The molecule has 3 nitrogen and oxygen atoms in total. The fourth-order valence-corrected chi connectivity index (χ4v) is 4.97. The van der Waals surface area contributed by atoms with Gasteiger partial charge in [0.1, 0.15) is 0 Å². The van der Waals surface area contributed by atoms with Gasteiger partial charge in [-0.2, -0.15) is 5.10 Å². The zero-order valence-corrected chi connectivity index (χ0v) is 21.6. The topological polar surface area (TPSA) is 21.1 Å². The fraction of sp³-hybridized carbons (Fsp3) is 0.0571. The van der Waals surface area contributed by atoms with Gasteiger partial charge in [-0.05, 0) is 67.4 Å². The van der Waals surface area contributed by atoms with Gasteiger partial charge in [0.25, 0.3) is 0 Å². The summed E-state index contributed by atoms with van der Waals surface area (Å²) in [5.74, 6) is 0. The number of rotatable bonds is 6. The second-order valence-electron chi connectivity index (χ2n) is 9.49. The van der Waals surface area contributed by atoms with Crippen LogP contribution in [0.5, 0.6) is 0 Å². The lowest BCUT2D eigenvalue weighted by Crippen LogP contribution is -2.12. The van der Waals surface area contributed by atoms with Gasteiger partial charge in [0, 0.05) is 28.2 Å². The molecule has 1 heterocycles. The summed E-state index contributed by atoms with van der Waals surface area (Å²) in [5, 5.41) is 5.12. The molecule has 0 saturated carbocycles. The first-order chi connectivity index (χ1) is 18.7. The molecule has 0 bridgehead atoms. The minimum Gasteiger partial charge on any atom is -0.310 e. The monoisotopic (exact) mass is 491 g/mol. The predicted octanol–water partition coefficient (Wildman–Crippen LogP) is 9.29. The summed E-state index contributed by atoms with van der Waals surface area (Å²) >= 11 is 0. The Hall–Kier alpha value is -4.89. The van der Waals surface area contributed by atoms with E-state index in [4.69, 9.17) is 5.10 Å². The number of hydrogen-bond acceptors (Lipinski definition) is 2. The maximum Gasteiger partial charge on any atom is 0.0934 e. The molecule has 0 aliphatic carbocycles. The molecule has 0 radical (unpaired) electrons. The van der Waals surface area contributed by atoms with Crippen LogP contribution in [0.2, 0.25) is 0 Å². The zero-order valence-electron chi connectivity index (χ0n) is 21.6. The molecule has 3 heteroatoms. The molecule has 0 aliphatic heterocycles. The number of para-hydroxylation sites is 2. The highest BCUT2D eigenvalue weighted by Gasteiger charge is 2.19. The highest BCUT2D eigenvalue weighted by atomic mass is 15.3. The summed E-state index contributed by atoms with van der Waals surface area (Å²) in [4.78, 5) is 2.32. The second-order valence-corrected chi connectivity index (χ2v) is 9.49. The summed E-state index contributed by atoms with van der Waals surface area (Å²) in [7, 11) is 0. The van der Waals surface area contributed by atoms with Gasteiger partial charge in [0.05, 0.1) is 17.1 Å². The Bertz CT molecular complexity index is 1620. The van der Waals surface area contributed by atoms with Gasteiger partial charge < -0.3 is 4.90 Å². The summed E-state index contributed by atoms with van der Waals surface area (Å²) < 4.78 is 2.10. The van der Waals surface area contributed by atoms with E-state index in [0.29, 0.717) is 0 Å². The molecule has 6 aromatic rings. The van der Waals surface area contributed by atoms with Gasteiger partial charge >= 0.3 is 0 Å². The Balaban J connectivity index is 1.52. The average molecular weight is 492 g/mol. The van der Waals surface area contributed by atoms with Gasteiger partial charge in [-0.3, -0.25) is 0 Å². The summed E-state index contributed by atoms with van der Waals surface area (Å²) in [6.45, 7) is 4.35. The molecule has 0 spiro atoms. The first-order valence-electron chi connectivity index (χ1n) is 12.9. The lowest BCUT2D eigenvalue weighted by Gasteiger charge is -2.28. The van der Waals surface area contributed by atoms with Crippen molar-refractivity contribution in [1.29, 1.82) is 0 Å². The van der Waals surface area contributed by atoms with Crippen molar-refractivity contribution in [3.8, 4) is 28.2 Å². The molecule has 0 unspecified atom stereocenters. The van der Waals surface area contributed by atoms with Crippen LogP contribution in [0, 0.1) is 13.8 Å². The molecular formula is C35H29N3. The number of benzene rings is 5. The summed E-state index contributed by atoms with van der Waals surface area (Å²) in [5.41, 5.74) is 11.1. The van der Waals surface area contributed by atoms with Crippen LogP contribution in [0.4, 0.5) is 17.1 Å². The van der Waals surface area contributed by atoms with Crippen LogP contribution >= 0.6 is 0 Å². The average Bonchev–Trinajstić information content (AvgIpc) is 3.42. The Labute approximate surface area is 224 Å². The van der Waals surface area contributed by atoms with Crippen molar-refractivity contribution in [1.82, 2.24) is 9.78 Å². The fourth-order valence-electron chi connectivity index (χ4n) is 4.97. The first kappa shape index (κ1) is 23.5. The van der Waals surface area contributed by atoms with Crippen LogP contribution in [0.15, 0.2) is 140 Å². The Morgan fingerprint density at radius 2 is 1.03 bits per heavy atom. The van der Waals surface area contributed by atoms with Crippen molar-refractivity contribution in [2.24, 2.45) is 0 Å².